The van der Waals surface area contributed by atoms with Crippen molar-refractivity contribution < 1.29 is 18.0 Å². The van der Waals surface area contributed by atoms with Crippen LogP contribution in [0.1, 0.15) is 21.5 Å². The Hall–Kier alpha value is -3.88. The van der Waals surface area contributed by atoms with Gasteiger partial charge in [-0.05, 0) is 36.4 Å². The first-order chi connectivity index (χ1) is 13.3. The maximum atomic E-state index is 14.2. The van der Waals surface area contributed by atoms with E-state index in [4.69, 9.17) is 11.1 Å². The van der Waals surface area contributed by atoms with E-state index < -0.39 is 40.3 Å². The van der Waals surface area contributed by atoms with Gasteiger partial charge in [0, 0.05) is 17.3 Å². The highest BCUT2D eigenvalue weighted by Gasteiger charge is 2.20. The second-order valence-corrected chi connectivity index (χ2v) is 5.75. The minimum absolute atomic E-state index is 0.0665. The van der Waals surface area contributed by atoms with Crippen LogP contribution in [-0.2, 0) is 0 Å². The number of benzene rings is 2. The number of aromatic amines is 1. The van der Waals surface area contributed by atoms with Crippen LogP contribution in [-0.4, -0.2) is 16.6 Å². The number of primary amides is 1. The quantitative estimate of drug-likeness (QED) is 0.506. The lowest BCUT2D eigenvalue weighted by Crippen LogP contribution is -2.22. The van der Waals surface area contributed by atoms with E-state index in [1.807, 2.05) is 0 Å². The molecule has 6 nitrogen and oxygen atoms in total. The van der Waals surface area contributed by atoms with Crippen molar-refractivity contribution in [2.75, 3.05) is 5.32 Å². The van der Waals surface area contributed by atoms with Crippen LogP contribution in [0.2, 0.25) is 0 Å². The molecule has 0 aliphatic carbocycles. The van der Waals surface area contributed by atoms with Gasteiger partial charge in [0.2, 0.25) is 5.91 Å². The highest BCUT2D eigenvalue weighted by Crippen LogP contribution is 2.26. The van der Waals surface area contributed by atoms with E-state index in [0.717, 1.165) is 30.3 Å². The van der Waals surface area contributed by atoms with Crippen molar-refractivity contribution in [2.24, 2.45) is 5.73 Å². The van der Waals surface area contributed by atoms with Crippen LogP contribution in [0.5, 0.6) is 0 Å². The van der Waals surface area contributed by atoms with Gasteiger partial charge in [-0.15, -0.1) is 0 Å². The molecule has 0 saturated carbocycles. The Morgan fingerprint density at radius 3 is 2.36 bits per heavy atom. The minimum atomic E-state index is -0.917. The van der Waals surface area contributed by atoms with Crippen LogP contribution in [0, 0.1) is 22.9 Å². The van der Waals surface area contributed by atoms with Crippen LogP contribution in [0.25, 0.3) is 0 Å². The zero-order chi connectivity index (χ0) is 20.4. The van der Waals surface area contributed by atoms with Crippen LogP contribution < -0.4 is 16.6 Å². The summed E-state index contributed by atoms with van der Waals surface area (Å²) in [6.45, 7) is 0. The molecule has 0 aliphatic heterocycles. The maximum Gasteiger partial charge on any atom is 0.259 e. The third-order valence-electron chi connectivity index (χ3n) is 3.95. The Morgan fingerprint density at radius 2 is 1.71 bits per heavy atom. The van der Waals surface area contributed by atoms with Crippen LogP contribution in [0.3, 0.4) is 0 Å². The number of nitrogens with two attached hydrogens (primary N) is 1. The van der Waals surface area contributed by atoms with E-state index in [1.54, 1.807) is 0 Å². The van der Waals surface area contributed by atoms with Crippen molar-refractivity contribution in [3.8, 4) is 0 Å². The van der Waals surface area contributed by atoms with Gasteiger partial charge in [0.1, 0.15) is 23.1 Å². The molecule has 5 N–H and O–H groups in total. The number of hydrogen-bond acceptors (Lipinski definition) is 4. The number of rotatable bonds is 5. The molecule has 2 aromatic carbocycles. The Balaban J connectivity index is 2.13. The van der Waals surface area contributed by atoms with Gasteiger partial charge in [-0.2, -0.15) is 0 Å². The van der Waals surface area contributed by atoms with E-state index in [9.17, 15) is 22.8 Å². The lowest BCUT2D eigenvalue weighted by Gasteiger charge is -2.14. The predicted molar refractivity (Wildman–Crippen MR) is 97.6 cm³/mol. The van der Waals surface area contributed by atoms with Crippen molar-refractivity contribution in [1.82, 2.24) is 4.98 Å². The second-order valence-electron chi connectivity index (χ2n) is 5.75. The van der Waals surface area contributed by atoms with E-state index in [-0.39, 0.29) is 22.4 Å². The van der Waals surface area contributed by atoms with E-state index in [2.05, 4.69) is 10.3 Å². The number of pyridine rings is 1. The molecule has 28 heavy (non-hydrogen) atoms. The fourth-order valence-electron chi connectivity index (χ4n) is 2.59. The predicted octanol–water partition coefficient (Wildman–Crippen LogP) is 3.05. The van der Waals surface area contributed by atoms with Crippen molar-refractivity contribution in [3.05, 3.63) is 93.2 Å². The Morgan fingerprint density at radius 1 is 1.04 bits per heavy atom. The molecular formula is C19H13F3N4O2. The zero-order valence-corrected chi connectivity index (χ0v) is 14.1. The van der Waals surface area contributed by atoms with Crippen molar-refractivity contribution in [2.45, 2.75) is 0 Å². The molecule has 0 spiro atoms. The molecule has 3 aromatic rings. The number of nitrogens with one attached hydrogen (secondary N) is 3. The highest BCUT2D eigenvalue weighted by molar-refractivity contribution is 6.15. The van der Waals surface area contributed by atoms with Gasteiger partial charge in [0.15, 0.2) is 0 Å². The average Bonchev–Trinajstić information content (AvgIpc) is 2.64. The van der Waals surface area contributed by atoms with Crippen LogP contribution in [0.4, 0.5) is 24.5 Å². The number of carbonyl (C=O) groups is 1. The second kappa shape index (κ2) is 7.39. The van der Waals surface area contributed by atoms with Crippen molar-refractivity contribution in [1.29, 1.82) is 5.41 Å². The summed E-state index contributed by atoms with van der Waals surface area (Å²) in [4.78, 5) is 26.0. The molecule has 0 radical (unpaired) electrons. The maximum absolute atomic E-state index is 14.2. The first kappa shape index (κ1) is 18.9. The lowest BCUT2D eigenvalue weighted by molar-refractivity contribution is 0.1000. The highest BCUT2D eigenvalue weighted by atomic mass is 19.1. The molecule has 0 unspecified atom stereocenters. The molecule has 3 rings (SSSR count). The monoisotopic (exact) mass is 386 g/mol. The summed E-state index contributed by atoms with van der Waals surface area (Å²) >= 11 is 0. The third-order valence-corrected chi connectivity index (χ3v) is 3.95. The van der Waals surface area contributed by atoms with E-state index in [1.165, 1.54) is 18.3 Å². The number of hydrogen-bond donors (Lipinski definition) is 4. The summed E-state index contributed by atoms with van der Waals surface area (Å²) in [5.74, 6) is -3.55. The Bertz CT molecular complexity index is 1140. The first-order valence-corrected chi connectivity index (χ1v) is 7.91. The fraction of sp³-hybridized carbons (Fsp3) is 0. The molecule has 1 amide bonds. The standard InChI is InChI=1S/C19H13F3N4O2/c20-11-5-4-9(18(24)27)8-10(11)16(23)15-14(6-7-25-19(15)28)26-17-12(21)2-1-3-13(17)22/h1-8,23H,(H2,24,27)(H2,25,26,28). The molecule has 0 saturated heterocycles. The summed E-state index contributed by atoms with van der Waals surface area (Å²) in [6, 6.07) is 7.57. The van der Waals surface area contributed by atoms with Gasteiger partial charge in [-0.1, -0.05) is 6.07 Å². The van der Waals surface area contributed by atoms with Crippen LogP contribution >= 0.6 is 0 Å². The number of amides is 1. The van der Waals surface area contributed by atoms with E-state index >= 15 is 0 Å². The van der Waals surface area contributed by atoms with Crippen LogP contribution in [0.15, 0.2) is 53.5 Å². The van der Waals surface area contributed by atoms with Gasteiger partial charge < -0.3 is 16.0 Å². The zero-order valence-electron chi connectivity index (χ0n) is 14.1. The Labute approximate surface area is 156 Å². The average molecular weight is 386 g/mol. The number of carbonyl (C=O) groups excluding carboxylic acids is 1. The number of para-hydroxylation sites is 1. The molecule has 0 bridgehead atoms. The smallest absolute Gasteiger partial charge is 0.259 e. The normalized spacial score (nSPS) is 10.5. The topological polar surface area (TPSA) is 112 Å². The van der Waals surface area contributed by atoms with Gasteiger partial charge >= 0.3 is 0 Å². The number of halogens is 3. The molecule has 1 aromatic heterocycles. The van der Waals surface area contributed by atoms with E-state index in [0.29, 0.717) is 0 Å². The largest absolute Gasteiger partial charge is 0.366 e. The van der Waals surface area contributed by atoms with Crippen molar-refractivity contribution in [3.63, 3.8) is 0 Å². The lowest BCUT2D eigenvalue weighted by atomic mass is 9.99. The Kier molecular flexibility index (Phi) is 4.99. The summed E-state index contributed by atoms with van der Waals surface area (Å²) in [5, 5.41) is 10.7. The summed E-state index contributed by atoms with van der Waals surface area (Å²) < 4.78 is 42.1. The number of anilines is 2. The van der Waals surface area contributed by atoms with Gasteiger partial charge in [0.05, 0.1) is 17.0 Å². The first-order valence-electron chi connectivity index (χ1n) is 7.91. The number of aromatic nitrogens is 1. The summed E-state index contributed by atoms with van der Waals surface area (Å²) in [5.41, 5.74) is 2.32. The molecule has 1 heterocycles. The molecule has 0 fully saturated rings. The summed E-state index contributed by atoms with van der Waals surface area (Å²) in [7, 11) is 0. The van der Waals surface area contributed by atoms with Gasteiger partial charge in [-0.3, -0.25) is 15.0 Å². The van der Waals surface area contributed by atoms with Gasteiger partial charge in [-0.25, -0.2) is 13.2 Å². The summed E-state index contributed by atoms with van der Waals surface area (Å²) in [6.07, 6.45) is 1.20. The van der Waals surface area contributed by atoms with Crippen molar-refractivity contribution >= 4 is 23.0 Å². The molecule has 142 valence electrons. The minimum Gasteiger partial charge on any atom is -0.366 e. The molecule has 9 heteroatoms. The molecule has 0 aliphatic rings. The third kappa shape index (κ3) is 3.50. The van der Waals surface area contributed by atoms with Gasteiger partial charge in [0.25, 0.3) is 5.56 Å². The fourth-order valence-corrected chi connectivity index (χ4v) is 2.59. The molecular weight excluding hydrogens is 373 g/mol. The number of H-pyrrole nitrogens is 1. The SMILES string of the molecule is N=C(c1cc(C(N)=O)ccc1F)c1c(Nc2c(F)cccc2F)cc[nH]c1=O. The molecule has 0 atom stereocenters.